The number of hydrogen-bond donors (Lipinski definition) is 2. The van der Waals surface area contributed by atoms with Crippen molar-refractivity contribution in [1.82, 2.24) is 0 Å². The van der Waals surface area contributed by atoms with Gasteiger partial charge in [0.05, 0.1) is 0 Å². The summed E-state index contributed by atoms with van der Waals surface area (Å²) in [6, 6.07) is 9.08. The van der Waals surface area contributed by atoms with Gasteiger partial charge in [-0.25, -0.2) is 4.39 Å². The zero-order chi connectivity index (χ0) is 14.0. The van der Waals surface area contributed by atoms with Gasteiger partial charge < -0.3 is 10.4 Å². The Hall–Kier alpha value is -2.36. The molecule has 2 aromatic rings. The van der Waals surface area contributed by atoms with Gasteiger partial charge in [0.2, 0.25) is 0 Å². The Morgan fingerprint density at radius 1 is 1.11 bits per heavy atom. The van der Waals surface area contributed by atoms with Crippen molar-refractivity contribution < 1.29 is 14.3 Å². The maximum atomic E-state index is 13.4. The minimum Gasteiger partial charge on any atom is -0.508 e. The Kier molecular flexibility index (Phi) is 3.51. The van der Waals surface area contributed by atoms with E-state index in [1.807, 2.05) is 0 Å². The smallest absolute Gasteiger partial charge is 0.255 e. The molecule has 0 heterocycles. The lowest BCUT2D eigenvalue weighted by molar-refractivity contribution is 0.102. The molecule has 0 aliphatic heterocycles. The lowest BCUT2D eigenvalue weighted by Crippen LogP contribution is -2.12. The maximum Gasteiger partial charge on any atom is 0.255 e. The fourth-order valence-electron chi connectivity index (χ4n) is 1.67. The van der Waals surface area contributed by atoms with E-state index < -0.39 is 5.82 Å². The fourth-order valence-corrected chi connectivity index (χ4v) is 1.67. The molecule has 0 unspecified atom stereocenters. The molecular weight excluding hydrogens is 245 g/mol. The van der Waals surface area contributed by atoms with E-state index in [4.69, 9.17) is 0 Å². The highest BCUT2D eigenvalue weighted by molar-refractivity contribution is 6.04. The van der Waals surface area contributed by atoms with Crippen LogP contribution >= 0.6 is 0 Å². The molecule has 98 valence electrons. The van der Waals surface area contributed by atoms with Crippen LogP contribution in [0.25, 0.3) is 0 Å². The van der Waals surface area contributed by atoms with Gasteiger partial charge in [-0.05, 0) is 55.3 Å². The van der Waals surface area contributed by atoms with Gasteiger partial charge in [-0.15, -0.1) is 0 Å². The summed E-state index contributed by atoms with van der Waals surface area (Å²) < 4.78 is 13.4. The molecule has 0 saturated carbocycles. The van der Waals surface area contributed by atoms with Crippen molar-refractivity contribution in [3.05, 3.63) is 58.9 Å². The molecule has 0 atom stereocenters. The molecule has 2 aromatic carbocycles. The van der Waals surface area contributed by atoms with Crippen LogP contribution in [0.2, 0.25) is 0 Å². The van der Waals surface area contributed by atoms with Crippen LogP contribution in [0.3, 0.4) is 0 Å². The number of rotatable bonds is 2. The third-order valence-electron chi connectivity index (χ3n) is 2.89. The lowest BCUT2D eigenvalue weighted by Gasteiger charge is -2.07. The molecule has 4 heteroatoms. The first-order valence-electron chi connectivity index (χ1n) is 5.84. The van der Waals surface area contributed by atoms with Gasteiger partial charge in [0, 0.05) is 11.3 Å². The molecule has 1 amide bonds. The quantitative estimate of drug-likeness (QED) is 0.812. The van der Waals surface area contributed by atoms with Gasteiger partial charge in [-0.3, -0.25) is 4.79 Å². The first-order valence-corrected chi connectivity index (χ1v) is 5.84. The number of halogens is 1. The summed E-state index contributed by atoms with van der Waals surface area (Å²) in [6.45, 7) is 3.37. The average Bonchev–Trinajstić information content (AvgIpc) is 2.37. The lowest BCUT2D eigenvalue weighted by atomic mass is 10.1. The van der Waals surface area contributed by atoms with Gasteiger partial charge in [-0.1, -0.05) is 6.07 Å². The highest BCUT2D eigenvalue weighted by Gasteiger charge is 2.09. The largest absolute Gasteiger partial charge is 0.508 e. The maximum absolute atomic E-state index is 13.4. The predicted octanol–water partition coefficient (Wildman–Crippen LogP) is 3.40. The first kappa shape index (κ1) is 13.1. The van der Waals surface area contributed by atoms with E-state index in [0.29, 0.717) is 16.8 Å². The van der Waals surface area contributed by atoms with Crippen molar-refractivity contribution in [2.45, 2.75) is 13.8 Å². The minimum atomic E-state index is -0.408. The Labute approximate surface area is 110 Å². The summed E-state index contributed by atoms with van der Waals surface area (Å²) in [4.78, 5) is 11.9. The number of nitrogens with one attached hydrogen (secondary N) is 1. The average molecular weight is 259 g/mol. The zero-order valence-corrected chi connectivity index (χ0v) is 10.7. The monoisotopic (exact) mass is 259 g/mol. The third kappa shape index (κ3) is 2.91. The topological polar surface area (TPSA) is 49.3 Å². The molecule has 0 radical (unpaired) electrons. The second-order valence-electron chi connectivity index (χ2n) is 4.42. The Morgan fingerprint density at radius 2 is 1.84 bits per heavy atom. The third-order valence-corrected chi connectivity index (χ3v) is 2.89. The second-order valence-corrected chi connectivity index (χ2v) is 4.42. The number of carbonyl (C=O) groups is 1. The van der Waals surface area contributed by atoms with Crippen LogP contribution in [0.1, 0.15) is 21.5 Å². The van der Waals surface area contributed by atoms with Crippen LogP contribution in [0.15, 0.2) is 36.4 Å². The molecule has 0 fully saturated rings. The van der Waals surface area contributed by atoms with Crippen molar-refractivity contribution in [3.63, 3.8) is 0 Å². The van der Waals surface area contributed by atoms with Crippen LogP contribution in [0.5, 0.6) is 5.75 Å². The molecule has 3 nitrogen and oxygen atoms in total. The van der Waals surface area contributed by atoms with Crippen LogP contribution in [0, 0.1) is 19.7 Å². The fraction of sp³-hybridized carbons (Fsp3) is 0.133. The summed E-state index contributed by atoms with van der Waals surface area (Å²) in [7, 11) is 0. The second kappa shape index (κ2) is 5.10. The summed E-state index contributed by atoms with van der Waals surface area (Å²) in [5, 5.41) is 12.1. The molecule has 0 aromatic heterocycles. The molecular formula is C15H14FNO2. The van der Waals surface area contributed by atoms with E-state index in [1.54, 1.807) is 38.1 Å². The Morgan fingerprint density at radius 3 is 2.47 bits per heavy atom. The summed E-state index contributed by atoms with van der Waals surface area (Å²) in [5.74, 6) is -0.627. The number of carbonyl (C=O) groups excluding carboxylic acids is 1. The minimum absolute atomic E-state index is 0.166. The van der Waals surface area contributed by atoms with Gasteiger partial charge in [-0.2, -0.15) is 0 Å². The van der Waals surface area contributed by atoms with Crippen molar-refractivity contribution in [3.8, 4) is 5.75 Å². The highest BCUT2D eigenvalue weighted by atomic mass is 19.1. The number of amides is 1. The Bertz CT molecular complexity index is 638. The van der Waals surface area contributed by atoms with Crippen molar-refractivity contribution in [2.75, 3.05) is 5.32 Å². The predicted molar refractivity (Wildman–Crippen MR) is 71.9 cm³/mol. The van der Waals surface area contributed by atoms with Crippen molar-refractivity contribution >= 4 is 11.6 Å². The molecule has 0 spiro atoms. The number of benzene rings is 2. The normalized spacial score (nSPS) is 10.3. The van der Waals surface area contributed by atoms with Crippen LogP contribution in [-0.4, -0.2) is 11.0 Å². The number of anilines is 1. The molecule has 19 heavy (non-hydrogen) atoms. The molecule has 0 aliphatic carbocycles. The molecule has 0 aliphatic rings. The molecule has 2 rings (SSSR count). The van der Waals surface area contributed by atoms with E-state index in [0.717, 1.165) is 0 Å². The number of phenols is 1. The van der Waals surface area contributed by atoms with E-state index >= 15 is 0 Å². The van der Waals surface area contributed by atoms with E-state index in [1.165, 1.54) is 12.1 Å². The van der Waals surface area contributed by atoms with Gasteiger partial charge >= 0.3 is 0 Å². The van der Waals surface area contributed by atoms with Gasteiger partial charge in [0.25, 0.3) is 5.91 Å². The van der Waals surface area contributed by atoms with Crippen molar-refractivity contribution in [2.24, 2.45) is 0 Å². The van der Waals surface area contributed by atoms with E-state index in [-0.39, 0.29) is 17.2 Å². The summed E-state index contributed by atoms with van der Waals surface area (Å²) in [6.07, 6.45) is 0. The molecule has 0 bridgehead atoms. The number of hydrogen-bond acceptors (Lipinski definition) is 2. The molecule has 2 N–H and O–H groups in total. The SMILES string of the molecule is Cc1cc(NC(=O)c2ccc(C)c(F)c2)ccc1O. The zero-order valence-electron chi connectivity index (χ0n) is 10.7. The Balaban J connectivity index is 2.20. The van der Waals surface area contributed by atoms with Crippen LogP contribution in [0.4, 0.5) is 10.1 Å². The van der Waals surface area contributed by atoms with E-state index in [9.17, 15) is 14.3 Å². The molecule has 0 saturated heterocycles. The number of phenolic OH excluding ortho intramolecular Hbond substituents is 1. The van der Waals surface area contributed by atoms with Gasteiger partial charge in [0.15, 0.2) is 0 Å². The van der Waals surface area contributed by atoms with Crippen LogP contribution < -0.4 is 5.32 Å². The van der Waals surface area contributed by atoms with Crippen LogP contribution in [-0.2, 0) is 0 Å². The van der Waals surface area contributed by atoms with E-state index in [2.05, 4.69) is 5.32 Å². The van der Waals surface area contributed by atoms with Gasteiger partial charge in [0.1, 0.15) is 11.6 Å². The number of aromatic hydroxyl groups is 1. The summed E-state index contributed by atoms with van der Waals surface area (Å²) >= 11 is 0. The summed E-state index contributed by atoms with van der Waals surface area (Å²) in [5.41, 5.74) is 1.97. The highest BCUT2D eigenvalue weighted by Crippen LogP contribution is 2.20. The standard InChI is InChI=1S/C15H14FNO2/c1-9-3-4-11(8-13(9)16)15(19)17-12-5-6-14(18)10(2)7-12/h3-8,18H,1-2H3,(H,17,19). The van der Waals surface area contributed by atoms with Crippen molar-refractivity contribution in [1.29, 1.82) is 0 Å². The number of aryl methyl sites for hydroxylation is 2. The first-order chi connectivity index (χ1) is 8.97.